The zero-order chi connectivity index (χ0) is 13.0. The number of carbonyl (C=O) groups is 1. The molecule has 2 aromatic rings. The second-order valence-electron chi connectivity index (χ2n) is 4.10. The largest absolute Gasteiger partial charge is 0.349 e. The van der Waals surface area contributed by atoms with Crippen LogP contribution in [0, 0.1) is 0 Å². The molecule has 1 aromatic carbocycles. The lowest BCUT2D eigenvalue weighted by atomic mass is 10.1. The third kappa shape index (κ3) is 3.68. The van der Waals surface area contributed by atoms with Crippen molar-refractivity contribution in [3.8, 4) is 0 Å². The minimum Gasteiger partial charge on any atom is -0.349 e. The fourth-order valence-corrected chi connectivity index (χ4v) is 2.67. The molecular formula is C14H14BrNOS. The second-order valence-corrected chi connectivity index (χ2v) is 6.04. The van der Waals surface area contributed by atoms with Crippen LogP contribution in [-0.4, -0.2) is 5.91 Å². The molecule has 94 valence electrons. The first-order valence-electron chi connectivity index (χ1n) is 5.72. The highest BCUT2D eigenvalue weighted by Gasteiger charge is 2.10. The van der Waals surface area contributed by atoms with Crippen molar-refractivity contribution in [1.29, 1.82) is 0 Å². The van der Waals surface area contributed by atoms with Crippen LogP contribution in [-0.2, 0) is 11.2 Å². The molecule has 0 saturated heterocycles. The molecule has 0 aliphatic heterocycles. The number of hydrogen-bond acceptors (Lipinski definition) is 2. The molecule has 1 N–H and O–H groups in total. The number of rotatable bonds is 4. The highest BCUT2D eigenvalue weighted by atomic mass is 79.9. The third-order valence-electron chi connectivity index (χ3n) is 2.66. The van der Waals surface area contributed by atoms with Gasteiger partial charge in [0.25, 0.3) is 0 Å². The van der Waals surface area contributed by atoms with Gasteiger partial charge >= 0.3 is 0 Å². The normalized spacial score (nSPS) is 12.1. The summed E-state index contributed by atoms with van der Waals surface area (Å²) >= 11 is 5.01. The van der Waals surface area contributed by atoms with Crippen molar-refractivity contribution in [2.24, 2.45) is 0 Å². The van der Waals surface area contributed by atoms with Crippen molar-refractivity contribution in [3.63, 3.8) is 0 Å². The van der Waals surface area contributed by atoms with Crippen LogP contribution < -0.4 is 5.32 Å². The number of amides is 1. The molecule has 1 aromatic heterocycles. The monoisotopic (exact) mass is 323 g/mol. The maximum atomic E-state index is 11.8. The third-order valence-corrected chi connectivity index (χ3v) is 4.07. The van der Waals surface area contributed by atoms with E-state index in [2.05, 4.69) is 21.2 Å². The van der Waals surface area contributed by atoms with Gasteiger partial charge in [0.15, 0.2) is 0 Å². The Hall–Kier alpha value is -1.13. The Kier molecular flexibility index (Phi) is 4.55. The highest BCUT2D eigenvalue weighted by Crippen LogP contribution is 2.17. The molecule has 0 saturated carbocycles. The van der Waals surface area contributed by atoms with E-state index < -0.39 is 0 Å². The maximum absolute atomic E-state index is 11.8. The number of thiophene rings is 1. The van der Waals surface area contributed by atoms with Crippen LogP contribution in [0.25, 0.3) is 0 Å². The molecule has 18 heavy (non-hydrogen) atoms. The molecule has 0 spiro atoms. The maximum Gasteiger partial charge on any atom is 0.225 e. The highest BCUT2D eigenvalue weighted by molar-refractivity contribution is 9.10. The Morgan fingerprint density at radius 2 is 2.06 bits per heavy atom. The first kappa shape index (κ1) is 13.3. The predicted molar refractivity (Wildman–Crippen MR) is 78.7 cm³/mol. The van der Waals surface area contributed by atoms with E-state index in [1.54, 1.807) is 11.3 Å². The molecular weight excluding hydrogens is 310 g/mol. The fraction of sp³-hybridized carbons (Fsp3) is 0.214. The lowest BCUT2D eigenvalue weighted by Gasteiger charge is -2.14. The van der Waals surface area contributed by atoms with Crippen molar-refractivity contribution >= 4 is 33.2 Å². The van der Waals surface area contributed by atoms with E-state index in [4.69, 9.17) is 0 Å². The van der Waals surface area contributed by atoms with E-state index in [0.717, 1.165) is 14.9 Å². The van der Waals surface area contributed by atoms with Gasteiger partial charge in [-0.3, -0.25) is 4.79 Å². The van der Waals surface area contributed by atoms with E-state index in [1.165, 1.54) is 0 Å². The number of nitrogens with one attached hydrogen (secondary N) is 1. The molecule has 1 atom stereocenters. The van der Waals surface area contributed by atoms with Crippen molar-refractivity contribution in [1.82, 2.24) is 5.32 Å². The molecule has 4 heteroatoms. The summed E-state index contributed by atoms with van der Waals surface area (Å²) in [6.07, 6.45) is 0.457. The van der Waals surface area contributed by atoms with E-state index in [0.29, 0.717) is 6.42 Å². The van der Waals surface area contributed by atoms with Gasteiger partial charge < -0.3 is 5.32 Å². The topological polar surface area (TPSA) is 29.1 Å². The number of benzene rings is 1. The predicted octanol–water partition coefficient (Wildman–Crippen LogP) is 3.93. The summed E-state index contributed by atoms with van der Waals surface area (Å²) in [5.74, 6) is 0.0628. The SMILES string of the molecule is CC(NC(=O)Cc1cccs1)c1ccc(Br)cc1. The molecule has 0 aliphatic carbocycles. The second kappa shape index (κ2) is 6.16. The van der Waals surface area contributed by atoms with Gasteiger partial charge in [0.1, 0.15) is 0 Å². The van der Waals surface area contributed by atoms with Crippen molar-refractivity contribution in [3.05, 3.63) is 56.7 Å². The Balaban J connectivity index is 1.92. The number of halogens is 1. The number of carbonyl (C=O) groups excluding carboxylic acids is 1. The summed E-state index contributed by atoms with van der Waals surface area (Å²) in [6, 6.07) is 12.0. The Labute approximate surface area is 119 Å². The molecule has 2 nitrogen and oxygen atoms in total. The van der Waals surface area contributed by atoms with Crippen LogP contribution in [0.3, 0.4) is 0 Å². The average molecular weight is 324 g/mol. The summed E-state index contributed by atoms with van der Waals surface area (Å²) in [6.45, 7) is 2.00. The van der Waals surface area contributed by atoms with Crippen LogP contribution in [0.1, 0.15) is 23.4 Å². The molecule has 1 amide bonds. The summed E-state index contributed by atoms with van der Waals surface area (Å²) in [7, 11) is 0. The van der Waals surface area contributed by atoms with Gasteiger partial charge in [-0.15, -0.1) is 11.3 Å². The minimum atomic E-state index is 0.0329. The molecule has 0 aliphatic rings. The van der Waals surface area contributed by atoms with Crippen molar-refractivity contribution in [2.45, 2.75) is 19.4 Å². The zero-order valence-corrected chi connectivity index (χ0v) is 12.4. The van der Waals surface area contributed by atoms with Crippen LogP contribution in [0.15, 0.2) is 46.3 Å². The van der Waals surface area contributed by atoms with Crippen LogP contribution in [0.5, 0.6) is 0 Å². The standard InChI is InChI=1S/C14H14BrNOS/c1-10(11-4-6-12(15)7-5-11)16-14(17)9-13-3-2-8-18-13/h2-8,10H,9H2,1H3,(H,16,17). The van der Waals surface area contributed by atoms with Gasteiger partial charge in [0.2, 0.25) is 5.91 Å². The average Bonchev–Trinajstić information content (AvgIpc) is 2.82. The first-order valence-corrected chi connectivity index (χ1v) is 7.39. The van der Waals surface area contributed by atoms with Gasteiger partial charge in [0.05, 0.1) is 12.5 Å². The van der Waals surface area contributed by atoms with Gasteiger partial charge in [0, 0.05) is 9.35 Å². The summed E-state index contributed by atoms with van der Waals surface area (Å²) in [5.41, 5.74) is 1.11. The van der Waals surface area contributed by atoms with Gasteiger partial charge in [-0.1, -0.05) is 34.1 Å². The van der Waals surface area contributed by atoms with E-state index in [1.807, 2.05) is 48.7 Å². The van der Waals surface area contributed by atoms with Gasteiger partial charge in [-0.2, -0.15) is 0 Å². The van der Waals surface area contributed by atoms with Crippen molar-refractivity contribution in [2.75, 3.05) is 0 Å². The smallest absolute Gasteiger partial charge is 0.225 e. The van der Waals surface area contributed by atoms with Crippen LogP contribution in [0.4, 0.5) is 0 Å². The first-order chi connectivity index (χ1) is 8.65. The lowest BCUT2D eigenvalue weighted by Crippen LogP contribution is -2.27. The quantitative estimate of drug-likeness (QED) is 0.907. The van der Waals surface area contributed by atoms with E-state index in [-0.39, 0.29) is 11.9 Å². The fourth-order valence-electron chi connectivity index (χ4n) is 1.70. The molecule has 0 bridgehead atoms. The van der Waals surface area contributed by atoms with Crippen LogP contribution in [0.2, 0.25) is 0 Å². The molecule has 1 unspecified atom stereocenters. The Morgan fingerprint density at radius 1 is 1.33 bits per heavy atom. The molecule has 0 fully saturated rings. The molecule has 0 radical (unpaired) electrons. The number of hydrogen-bond donors (Lipinski definition) is 1. The summed E-state index contributed by atoms with van der Waals surface area (Å²) < 4.78 is 1.04. The lowest BCUT2D eigenvalue weighted by molar-refractivity contribution is -0.121. The Bertz CT molecular complexity index is 507. The summed E-state index contributed by atoms with van der Waals surface area (Å²) in [5, 5.41) is 4.99. The minimum absolute atomic E-state index is 0.0329. The van der Waals surface area contributed by atoms with Crippen molar-refractivity contribution < 1.29 is 4.79 Å². The zero-order valence-electron chi connectivity index (χ0n) is 10.0. The van der Waals surface area contributed by atoms with E-state index in [9.17, 15) is 4.79 Å². The van der Waals surface area contributed by atoms with Crippen LogP contribution >= 0.6 is 27.3 Å². The summed E-state index contributed by atoms with van der Waals surface area (Å²) in [4.78, 5) is 12.9. The Morgan fingerprint density at radius 3 is 2.67 bits per heavy atom. The molecule has 1 heterocycles. The van der Waals surface area contributed by atoms with Gasteiger partial charge in [-0.25, -0.2) is 0 Å². The van der Waals surface area contributed by atoms with Gasteiger partial charge in [-0.05, 0) is 36.1 Å². The molecule has 2 rings (SSSR count). The van der Waals surface area contributed by atoms with E-state index >= 15 is 0 Å².